The lowest BCUT2D eigenvalue weighted by Crippen LogP contribution is -2.39. The van der Waals surface area contributed by atoms with E-state index in [1.54, 1.807) is 6.07 Å². The number of rotatable bonds is 5. The fourth-order valence-corrected chi connectivity index (χ4v) is 2.18. The lowest BCUT2D eigenvalue weighted by Gasteiger charge is -2.18. The molecule has 0 radical (unpaired) electrons. The summed E-state index contributed by atoms with van der Waals surface area (Å²) in [4.78, 5) is 24.0. The number of amides is 2. The van der Waals surface area contributed by atoms with Crippen LogP contribution in [0.15, 0.2) is 42.5 Å². The third-order valence-corrected chi connectivity index (χ3v) is 3.34. The van der Waals surface area contributed by atoms with Gasteiger partial charge in [0, 0.05) is 7.05 Å². The molecule has 0 aliphatic rings. The predicted octanol–water partition coefficient (Wildman–Crippen LogP) is 2.25. The summed E-state index contributed by atoms with van der Waals surface area (Å²) in [6.07, 6.45) is -0.158. The monoisotopic (exact) mass is 336 g/mol. The minimum atomic E-state index is -1.19. The van der Waals surface area contributed by atoms with Crippen LogP contribution in [0.5, 0.6) is 0 Å². The molecule has 1 atom stereocenters. The Morgan fingerprint density at radius 3 is 2.42 bits per heavy atom. The average molecular weight is 336 g/mol. The number of nitrogens with one attached hydrogen (secondary N) is 2. The molecule has 2 aromatic carbocycles. The van der Waals surface area contributed by atoms with E-state index in [4.69, 9.17) is 0 Å². The molecule has 0 heterocycles. The molecular weight excluding hydrogens is 321 g/mol. The number of benzene rings is 2. The molecule has 24 heavy (non-hydrogen) atoms. The van der Waals surface area contributed by atoms with Gasteiger partial charge in [-0.3, -0.25) is 9.59 Å². The highest BCUT2D eigenvalue weighted by atomic mass is 19.2. The summed E-state index contributed by atoms with van der Waals surface area (Å²) in [5.74, 6) is -3.81. The molecule has 2 N–H and O–H groups in total. The van der Waals surface area contributed by atoms with E-state index in [9.17, 15) is 22.8 Å². The van der Waals surface area contributed by atoms with Crippen LogP contribution in [0.1, 0.15) is 17.2 Å². The molecule has 0 saturated heterocycles. The third kappa shape index (κ3) is 4.34. The van der Waals surface area contributed by atoms with Gasteiger partial charge in [-0.2, -0.15) is 0 Å². The molecule has 126 valence electrons. The highest BCUT2D eigenvalue weighted by molar-refractivity contribution is 5.89. The van der Waals surface area contributed by atoms with E-state index in [0.29, 0.717) is 5.56 Å². The van der Waals surface area contributed by atoms with E-state index in [1.165, 1.54) is 31.3 Å². The first-order chi connectivity index (χ1) is 11.4. The van der Waals surface area contributed by atoms with E-state index >= 15 is 0 Å². The molecule has 2 rings (SSSR count). The molecule has 0 bridgehead atoms. The molecule has 4 nitrogen and oxygen atoms in total. The fourth-order valence-electron chi connectivity index (χ4n) is 2.18. The largest absolute Gasteiger partial charge is 0.357 e. The topological polar surface area (TPSA) is 58.2 Å². The van der Waals surface area contributed by atoms with Gasteiger partial charge in [0.15, 0.2) is 11.6 Å². The van der Waals surface area contributed by atoms with Crippen molar-refractivity contribution in [3.8, 4) is 0 Å². The van der Waals surface area contributed by atoms with E-state index in [1.807, 2.05) is 0 Å². The Kier molecular flexibility index (Phi) is 5.57. The van der Waals surface area contributed by atoms with Crippen LogP contribution in [0, 0.1) is 17.5 Å². The Hall–Kier alpha value is -2.83. The van der Waals surface area contributed by atoms with Crippen molar-refractivity contribution >= 4 is 11.8 Å². The quantitative estimate of drug-likeness (QED) is 0.880. The second kappa shape index (κ2) is 7.63. The van der Waals surface area contributed by atoms with Crippen LogP contribution in [-0.4, -0.2) is 18.9 Å². The van der Waals surface area contributed by atoms with Gasteiger partial charge in [0.05, 0.1) is 6.42 Å². The van der Waals surface area contributed by atoms with Gasteiger partial charge in [-0.05, 0) is 35.4 Å². The van der Waals surface area contributed by atoms with Crippen molar-refractivity contribution in [1.29, 1.82) is 0 Å². The number of carbonyl (C=O) groups excluding carboxylic acids is 2. The summed E-state index contributed by atoms with van der Waals surface area (Å²) in [5.41, 5.74) is 0.522. The van der Waals surface area contributed by atoms with Gasteiger partial charge in [0.2, 0.25) is 11.8 Å². The van der Waals surface area contributed by atoms with E-state index in [2.05, 4.69) is 10.6 Å². The summed E-state index contributed by atoms with van der Waals surface area (Å²) in [6, 6.07) is 7.21. The Bertz CT molecular complexity index is 765. The average Bonchev–Trinajstić information content (AvgIpc) is 2.54. The van der Waals surface area contributed by atoms with Crippen LogP contribution in [0.4, 0.5) is 13.2 Å². The third-order valence-electron chi connectivity index (χ3n) is 3.34. The zero-order valence-electron chi connectivity index (χ0n) is 12.8. The van der Waals surface area contributed by atoms with Crippen molar-refractivity contribution < 1.29 is 22.8 Å². The zero-order chi connectivity index (χ0) is 17.7. The van der Waals surface area contributed by atoms with Gasteiger partial charge < -0.3 is 10.6 Å². The Balaban J connectivity index is 2.18. The van der Waals surface area contributed by atoms with Crippen molar-refractivity contribution in [3.63, 3.8) is 0 Å². The number of hydrogen-bond acceptors (Lipinski definition) is 2. The summed E-state index contributed by atoms with van der Waals surface area (Å²) < 4.78 is 39.5. The molecule has 0 fully saturated rings. The summed E-state index contributed by atoms with van der Waals surface area (Å²) in [6.45, 7) is 0. The highest BCUT2D eigenvalue weighted by Crippen LogP contribution is 2.17. The lowest BCUT2D eigenvalue weighted by atomic mass is 10.0. The van der Waals surface area contributed by atoms with Crippen molar-refractivity contribution in [2.24, 2.45) is 0 Å². The molecule has 0 aliphatic heterocycles. The van der Waals surface area contributed by atoms with Gasteiger partial charge >= 0.3 is 0 Å². The summed E-state index contributed by atoms with van der Waals surface area (Å²) in [7, 11) is 1.36. The lowest BCUT2D eigenvalue weighted by molar-refractivity contribution is -0.128. The normalized spacial score (nSPS) is 11.7. The van der Waals surface area contributed by atoms with Crippen LogP contribution < -0.4 is 10.6 Å². The number of hydrogen-bond donors (Lipinski definition) is 2. The molecule has 2 aromatic rings. The maximum Gasteiger partial charge on any atom is 0.246 e. The summed E-state index contributed by atoms with van der Waals surface area (Å²) in [5, 5.41) is 4.78. The number of halogens is 3. The number of likely N-dealkylation sites (N-methyl/N-ethyl adjacent to an activating group) is 1. The minimum Gasteiger partial charge on any atom is -0.357 e. The molecule has 0 spiro atoms. The van der Waals surface area contributed by atoms with Crippen molar-refractivity contribution in [1.82, 2.24) is 10.6 Å². The van der Waals surface area contributed by atoms with Crippen LogP contribution in [-0.2, 0) is 16.0 Å². The maximum atomic E-state index is 13.4. The first kappa shape index (κ1) is 17.5. The van der Waals surface area contributed by atoms with Crippen LogP contribution >= 0.6 is 0 Å². The molecule has 0 aromatic heterocycles. The first-order valence-corrected chi connectivity index (χ1v) is 7.11. The maximum absolute atomic E-state index is 13.4. The van der Waals surface area contributed by atoms with Crippen LogP contribution in [0.2, 0.25) is 0 Å². The van der Waals surface area contributed by atoms with Crippen molar-refractivity contribution in [3.05, 3.63) is 71.0 Å². The molecule has 2 amide bonds. The smallest absolute Gasteiger partial charge is 0.246 e. The SMILES string of the molecule is CNC(=O)C(NC(=O)Cc1cccc(F)c1)c1ccc(F)c(F)c1. The van der Waals surface area contributed by atoms with Gasteiger partial charge in [-0.1, -0.05) is 18.2 Å². The second-order valence-electron chi connectivity index (χ2n) is 5.10. The molecule has 1 unspecified atom stereocenters. The second-order valence-corrected chi connectivity index (χ2v) is 5.10. The van der Waals surface area contributed by atoms with Crippen LogP contribution in [0.25, 0.3) is 0 Å². The number of carbonyl (C=O) groups is 2. The Morgan fingerprint density at radius 1 is 1.04 bits per heavy atom. The van der Waals surface area contributed by atoms with Gasteiger partial charge in [-0.25, -0.2) is 13.2 Å². The van der Waals surface area contributed by atoms with E-state index in [-0.39, 0.29) is 12.0 Å². The van der Waals surface area contributed by atoms with Gasteiger partial charge in [-0.15, -0.1) is 0 Å². The van der Waals surface area contributed by atoms with Gasteiger partial charge in [0.25, 0.3) is 0 Å². The summed E-state index contributed by atoms with van der Waals surface area (Å²) >= 11 is 0. The first-order valence-electron chi connectivity index (χ1n) is 7.11. The molecule has 0 aliphatic carbocycles. The fraction of sp³-hybridized carbons (Fsp3) is 0.176. The predicted molar refractivity (Wildman–Crippen MR) is 81.4 cm³/mol. The standard InChI is InChI=1S/C17H15F3N2O2/c1-21-17(24)16(11-5-6-13(19)14(20)9-11)22-15(23)8-10-3-2-4-12(18)7-10/h2-7,9,16H,8H2,1H3,(H,21,24)(H,22,23). The zero-order valence-corrected chi connectivity index (χ0v) is 12.8. The Morgan fingerprint density at radius 2 is 1.79 bits per heavy atom. The molecule has 7 heteroatoms. The van der Waals surface area contributed by atoms with Crippen molar-refractivity contribution in [2.45, 2.75) is 12.5 Å². The van der Waals surface area contributed by atoms with Gasteiger partial charge in [0.1, 0.15) is 11.9 Å². The Labute approximate surface area is 136 Å². The molecule has 0 saturated carbocycles. The van der Waals surface area contributed by atoms with E-state index < -0.39 is 35.3 Å². The highest BCUT2D eigenvalue weighted by Gasteiger charge is 2.23. The van der Waals surface area contributed by atoms with E-state index in [0.717, 1.165) is 12.1 Å². The van der Waals surface area contributed by atoms with Crippen LogP contribution in [0.3, 0.4) is 0 Å². The van der Waals surface area contributed by atoms with Crippen molar-refractivity contribution in [2.75, 3.05) is 7.05 Å². The minimum absolute atomic E-state index is 0.0980. The molecular formula is C17H15F3N2O2.